The van der Waals surface area contributed by atoms with Gasteiger partial charge in [-0.25, -0.2) is 0 Å². The van der Waals surface area contributed by atoms with Crippen molar-refractivity contribution in [2.45, 2.75) is 25.4 Å². The molecule has 1 fully saturated rings. The van der Waals surface area contributed by atoms with Crippen LogP contribution in [0.3, 0.4) is 0 Å². The number of benzene rings is 1. The highest BCUT2D eigenvalue weighted by atomic mass is 16.5. The second-order valence-electron chi connectivity index (χ2n) is 4.29. The van der Waals surface area contributed by atoms with Crippen LogP contribution in [0.5, 0.6) is 11.5 Å². The molecule has 0 spiro atoms. The van der Waals surface area contributed by atoms with Crippen molar-refractivity contribution in [3.8, 4) is 11.5 Å². The molecule has 0 amide bonds. The van der Waals surface area contributed by atoms with Crippen molar-refractivity contribution >= 4 is 0 Å². The van der Waals surface area contributed by atoms with Crippen molar-refractivity contribution in [2.24, 2.45) is 0 Å². The fourth-order valence-corrected chi connectivity index (χ4v) is 1.98. The highest BCUT2D eigenvalue weighted by Crippen LogP contribution is 2.23. The summed E-state index contributed by atoms with van der Waals surface area (Å²) in [6.45, 7) is 2.28. The molecule has 1 heterocycles. The molecule has 0 aliphatic carbocycles. The monoisotopic (exact) mass is 237 g/mol. The summed E-state index contributed by atoms with van der Waals surface area (Å²) in [5.41, 5.74) is 0.886. The topological polar surface area (TPSA) is 50.7 Å². The minimum Gasteiger partial charge on any atom is -0.507 e. The molecule has 0 radical (unpaired) electrons. The van der Waals surface area contributed by atoms with Crippen LogP contribution in [0.4, 0.5) is 0 Å². The minimum absolute atomic E-state index is 0.272. The molecule has 1 aliphatic rings. The van der Waals surface area contributed by atoms with Crippen molar-refractivity contribution in [3.63, 3.8) is 0 Å². The Labute approximate surface area is 102 Å². The summed E-state index contributed by atoms with van der Waals surface area (Å²) in [5.74, 6) is 0.945. The van der Waals surface area contributed by atoms with Crippen LogP contribution < -0.4 is 10.1 Å². The maximum atomic E-state index is 9.80. The molecular weight excluding hydrogens is 218 g/mol. The van der Waals surface area contributed by atoms with E-state index < -0.39 is 0 Å². The predicted molar refractivity (Wildman–Crippen MR) is 65.3 cm³/mol. The lowest BCUT2D eigenvalue weighted by molar-refractivity contribution is 0.0699. The number of ether oxygens (including phenoxy) is 2. The van der Waals surface area contributed by atoms with Gasteiger partial charge in [-0.15, -0.1) is 0 Å². The van der Waals surface area contributed by atoms with Gasteiger partial charge in [0.1, 0.15) is 11.5 Å². The number of hydrogen-bond acceptors (Lipinski definition) is 4. The summed E-state index contributed by atoms with van der Waals surface area (Å²) in [6, 6.07) is 5.76. The quantitative estimate of drug-likeness (QED) is 0.836. The van der Waals surface area contributed by atoms with E-state index >= 15 is 0 Å². The van der Waals surface area contributed by atoms with Crippen LogP contribution in [0, 0.1) is 0 Å². The molecule has 0 saturated carbocycles. The van der Waals surface area contributed by atoms with Gasteiger partial charge in [-0.1, -0.05) is 6.07 Å². The first kappa shape index (κ1) is 12.2. The number of rotatable bonds is 4. The van der Waals surface area contributed by atoms with Gasteiger partial charge in [0.2, 0.25) is 0 Å². The largest absolute Gasteiger partial charge is 0.507 e. The first-order valence-corrected chi connectivity index (χ1v) is 5.96. The summed E-state index contributed by atoms with van der Waals surface area (Å²) >= 11 is 0. The molecule has 94 valence electrons. The third kappa shape index (κ3) is 3.35. The summed E-state index contributed by atoms with van der Waals surface area (Å²) in [7, 11) is 1.59. The summed E-state index contributed by atoms with van der Waals surface area (Å²) in [4.78, 5) is 0. The molecule has 1 aromatic rings. The van der Waals surface area contributed by atoms with Gasteiger partial charge >= 0.3 is 0 Å². The fraction of sp³-hybridized carbons (Fsp3) is 0.538. The first-order chi connectivity index (χ1) is 8.29. The Morgan fingerprint density at radius 1 is 1.53 bits per heavy atom. The van der Waals surface area contributed by atoms with Crippen LogP contribution in [0.2, 0.25) is 0 Å². The van der Waals surface area contributed by atoms with E-state index in [1.54, 1.807) is 13.2 Å². The highest BCUT2D eigenvalue weighted by molar-refractivity contribution is 5.39. The van der Waals surface area contributed by atoms with Gasteiger partial charge in [0.15, 0.2) is 0 Å². The molecule has 1 saturated heterocycles. The van der Waals surface area contributed by atoms with Gasteiger partial charge in [0.05, 0.1) is 13.7 Å². The SMILES string of the molecule is COc1ccc(CNC2CCCOC2)c(O)c1. The van der Waals surface area contributed by atoms with Crippen LogP contribution in [-0.4, -0.2) is 31.5 Å². The standard InChI is InChI=1S/C13H19NO3/c1-16-12-5-4-10(13(15)7-12)8-14-11-3-2-6-17-9-11/h4-5,7,11,14-15H,2-3,6,8-9H2,1H3. The Hall–Kier alpha value is -1.26. The Morgan fingerprint density at radius 2 is 2.41 bits per heavy atom. The minimum atomic E-state index is 0.272. The number of phenols is 1. The van der Waals surface area contributed by atoms with Gasteiger partial charge in [0, 0.05) is 30.8 Å². The maximum absolute atomic E-state index is 9.80. The lowest BCUT2D eigenvalue weighted by atomic mass is 10.1. The predicted octanol–water partition coefficient (Wildman–Crippen LogP) is 1.67. The van der Waals surface area contributed by atoms with Crippen LogP contribution in [-0.2, 0) is 11.3 Å². The zero-order valence-electron chi connectivity index (χ0n) is 10.1. The summed E-state index contributed by atoms with van der Waals surface area (Å²) in [6.07, 6.45) is 2.24. The van der Waals surface area contributed by atoms with Gasteiger partial charge in [0.25, 0.3) is 0 Å². The van der Waals surface area contributed by atoms with E-state index in [9.17, 15) is 5.11 Å². The lowest BCUT2D eigenvalue weighted by Crippen LogP contribution is -2.36. The van der Waals surface area contributed by atoms with Crippen LogP contribution >= 0.6 is 0 Å². The van der Waals surface area contributed by atoms with Crippen LogP contribution in [0.25, 0.3) is 0 Å². The molecule has 1 unspecified atom stereocenters. The van der Waals surface area contributed by atoms with E-state index in [0.29, 0.717) is 18.3 Å². The Morgan fingerprint density at radius 3 is 3.06 bits per heavy atom. The van der Waals surface area contributed by atoms with E-state index in [4.69, 9.17) is 9.47 Å². The lowest BCUT2D eigenvalue weighted by Gasteiger charge is -2.23. The molecule has 2 N–H and O–H groups in total. The zero-order chi connectivity index (χ0) is 12.1. The smallest absolute Gasteiger partial charge is 0.123 e. The molecule has 1 atom stereocenters. The average molecular weight is 237 g/mol. The second-order valence-corrected chi connectivity index (χ2v) is 4.29. The number of hydrogen-bond donors (Lipinski definition) is 2. The molecule has 1 aliphatic heterocycles. The maximum Gasteiger partial charge on any atom is 0.123 e. The third-order valence-electron chi connectivity index (χ3n) is 3.03. The van der Waals surface area contributed by atoms with Crippen molar-refractivity contribution in [3.05, 3.63) is 23.8 Å². The fourth-order valence-electron chi connectivity index (χ4n) is 1.98. The zero-order valence-corrected chi connectivity index (χ0v) is 10.1. The van der Waals surface area contributed by atoms with E-state index in [0.717, 1.165) is 31.6 Å². The van der Waals surface area contributed by atoms with Crippen molar-refractivity contribution in [2.75, 3.05) is 20.3 Å². The van der Waals surface area contributed by atoms with Gasteiger partial charge in [-0.2, -0.15) is 0 Å². The number of phenolic OH excluding ortho intramolecular Hbond substituents is 1. The van der Waals surface area contributed by atoms with Crippen molar-refractivity contribution in [1.82, 2.24) is 5.32 Å². The van der Waals surface area contributed by atoms with Crippen molar-refractivity contribution < 1.29 is 14.6 Å². The molecule has 1 aromatic carbocycles. The van der Waals surface area contributed by atoms with Gasteiger partial charge < -0.3 is 19.9 Å². The number of aromatic hydroxyl groups is 1. The van der Waals surface area contributed by atoms with E-state index in [2.05, 4.69) is 5.32 Å². The Balaban J connectivity index is 1.89. The molecule has 17 heavy (non-hydrogen) atoms. The second kappa shape index (κ2) is 5.89. The third-order valence-corrected chi connectivity index (χ3v) is 3.03. The number of nitrogens with one attached hydrogen (secondary N) is 1. The van der Waals surface area contributed by atoms with Gasteiger partial charge in [-0.05, 0) is 18.9 Å². The highest BCUT2D eigenvalue weighted by Gasteiger charge is 2.13. The molecule has 4 heteroatoms. The average Bonchev–Trinajstić information content (AvgIpc) is 2.38. The molecule has 2 rings (SSSR count). The molecule has 0 aromatic heterocycles. The van der Waals surface area contributed by atoms with Crippen LogP contribution in [0.1, 0.15) is 18.4 Å². The van der Waals surface area contributed by atoms with Gasteiger partial charge in [-0.3, -0.25) is 0 Å². The molecule has 4 nitrogen and oxygen atoms in total. The van der Waals surface area contributed by atoms with E-state index in [-0.39, 0.29) is 5.75 Å². The van der Waals surface area contributed by atoms with E-state index in [1.807, 2.05) is 12.1 Å². The Kier molecular flexibility index (Phi) is 4.23. The molecular formula is C13H19NO3. The number of methoxy groups -OCH3 is 1. The first-order valence-electron chi connectivity index (χ1n) is 5.96. The van der Waals surface area contributed by atoms with E-state index in [1.165, 1.54) is 0 Å². The van der Waals surface area contributed by atoms with Crippen LogP contribution in [0.15, 0.2) is 18.2 Å². The normalized spacial score (nSPS) is 20.2. The Bertz CT molecular complexity index is 362. The summed E-state index contributed by atoms with van der Waals surface area (Å²) in [5, 5.41) is 13.2. The summed E-state index contributed by atoms with van der Waals surface area (Å²) < 4.78 is 10.4. The van der Waals surface area contributed by atoms with Crippen molar-refractivity contribution in [1.29, 1.82) is 0 Å². The molecule has 0 bridgehead atoms.